The van der Waals surface area contributed by atoms with Crippen LogP contribution in [-0.4, -0.2) is 28.5 Å². The first-order valence-corrected chi connectivity index (χ1v) is 6.90. The van der Waals surface area contributed by atoms with E-state index in [1.807, 2.05) is 0 Å². The monoisotopic (exact) mass is 303 g/mol. The van der Waals surface area contributed by atoms with Crippen molar-refractivity contribution in [1.29, 1.82) is 0 Å². The second-order valence-corrected chi connectivity index (χ2v) is 4.86. The van der Waals surface area contributed by atoms with Crippen LogP contribution in [0.25, 0.3) is 10.9 Å². The minimum atomic E-state index is -0.604. The van der Waals surface area contributed by atoms with Gasteiger partial charge in [-0.2, -0.15) is 0 Å². The highest BCUT2D eigenvalue weighted by Gasteiger charge is 2.16. The molecule has 7 heteroatoms. The normalized spacial score (nSPS) is 12.1. The zero-order chi connectivity index (χ0) is 16.3. The van der Waals surface area contributed by atoms with Gasteiger partial charge in [-0.15, -0.1) is 0 Å². The smallest absolute Gasteiger partial charge is 0.270 e. The Morgan fingerprint density at radius 1 is 1.45 bits per heavy atom. The van der Waals surface area contributed by atoms with Crippen LogP contribution in [0.3, 0.4) is 0 Å². The van der Waals surface area contributed by atoms with E-state index in [0.29, 0.717) is 28.9 Å². The number of ether oxygens (including phenoxy) is 1. The molecular weight excluding hydrogens is 286 g/mol. The summed E-state index contributed by atoms with van der Waals surface area (Å²) in [6.07, 6.45) is -0.604. The highest BCUT2D eigenvalue weighted by molar-refractivity contribution is 6.03. The van der Waals surface area contributed by atoms with Crippen molar-refractivity contribution >= 4 is 28.2 Å². The average molecular weight is 303 g/mol. The van der Waals surface area contributed by atoms with Crippen LogP contribution in [0.15, 0.2) is 24.3 Å². The van der Waals surface area contributed by atoms with E-state index >= 15 is 0 Å². The number of carbonyl (C=O) groups is 1. The first kappa shape index (κ1) is 15.8. The van der Waals surface area contributed by atoms with Crippen molar-refractivity contribution in [1.82, 2.24) is 4.98 Å². The van der Waals surface area contributed by atoms with Crippen molar-refractivity contribution in [2.24, 2.45) is 0 Å². The van der Waals surface area contributed by atoms with E-state index in [0.717, 1.165) is 0 Å². The maximum Gasteiger partial charge on any atom is 0.270 e. The highest BCUT2D eigenvalue weighted by Crippen LogP contribution is 2.27. The van der Waals surface area contributed by atoms with Crippen LogP contribution in [-0.2, 0) is 9.53 Å². The summed E-state index contributed by atoms with van der Waals surface area (Å²) < 4.78 is 5.24. The van der Waals surface area contributed by atoms with E-state index in [4.69, 9.17) is 4.74 Å². The van der Waals surface area contributed by atoms with Gasteiger partial charge < -0.3 is 10.1 Å². The lowest BCUT2D eigenvalue weighted by molar-refractivity contribution is -0.384. The number of nitrogens with one attached hydrogen (secondary N) is 1. The second-order valence-electron chi connectivity index (χ2n) is 4.86. The van der Waals surface area contributed by atoms with Crippen LogP contribution in [0.4, 0.5) is 11.4 Å². The maximum absolute atomic E-state index is 12.1. The Bertz CT molecular complexity index is 730. The fourth-order valence-electron chi connectivity index (χ4n) is 2.12. The van der Waals surface area contributed by atoms with Gasteiger partial charge in [0.2, 0.25) is 0 Å². The number of hydrogen-bond acceptors (Lipinski definition) is 5. The third-order valence-electron chi connectivity index (χ3n) is 3.17. The van der Waals surface area contributed by atoms with Crippen LogP contribution in [0.1, 0.15) is 19.5 Å². The number of aromatic nitrogens is 1. The lowest BCUT2D eigenvalue weighted by Gasteiger charge is -2.14. The number of carbonyl (C=O) groups excluding carboxylic acids is 1. The van der Waals surface area contributed by atoms with Crippen molar-refractivity contribution in [3.05, 3.63) is 40.1 Å². The molecule has 1 heterocycles. The summed E-state index contributed by atoms with van der Waals surface area (Å²) in [6.45, 7) is 5.68. The molecule has 0 fully saturated rings. The summed E-state index contributed by atoms with van der Waals surface area (Å²) in [5.41, 5.74) is 1.74. The van der Waals surface area contributed by atoms with Crippen molar-refractivity contribution in [3.63, 3.8) is 0 Å². The molecule has 0 saturated heterocycles. The molecule has 2 aromatic rings. The van der Waals surface area contributed by atoms with Crippen LogP contribution in [0.2, 0.25) is 0 Å². The van der Waals surface area contributed by atoms with E-state index in [1.54, 1.807) is 32.9 Å². The molecule has 2 rings (SSSR count). The summed E-state index contributed by atoms with van der Waals surface area (Å²) in [5.74, 6) is -0.305. The zero-order valence-corrected chi connectivity index (χ0v) is 12.6. The molecule has 116 valence electrons. The molecule has 1 N–H and O–H groups in total. The molecule has 1 amide bonds. The number of non-ortho nitro benzene ring substituents is 1. The van der Waals surface area contributed by atoms with Gasteiger partial charge in [0.25, 0.3) is 11.6 Å². The third kappa shape index (κ3) is 3.37. The molecule has 22 heavy (non-hydrogen) atoms. The summed E-state index contributed by atoms with van der Waals surface area (Å²) in [4.78, 5) is 26.8. The lowest BCUT2D eigenvalue weighted by atomic mass is 10.1. The fraction of sp³-hybridized carbons (Fsp3) is 0.333. The molecule has 0 spiro atoms. The van der Waals surface area contributed by atoms with E-state index in [9.17, 15) is 14.9 Å². The molecule has 0 saturated carbocycles. The van der Waals surface area contributed by atoms with E-state index in [1.165, 1.54) is 12.1 Å². The minimum absolute atomic E-state index is 0.0495. The standard InChI is InChI=1S/C15H17N3O4/c1-4-22-10(3)15(19)17-14-7-9(2)16-13-6-5-11(18(20)21)8-12(13)14/h5-8,10H,4H2,1-3H3,(H,16,17,19). The Kier molecular flexibility index (Phi) is 4.67. The fourth-order valence-corrected chi connectivity index (χ4v) is 2.12. The molecule has 0 bridgehead atoms. The van der Waals surface area contributed by atoms with Gasteiger partial charge in [-0.3, -0.25) is 19.9 Å². The predicted molar refractivity (Wildman–Crippen MR) is 82.9 cm³/mol. The molecule has 0 radical (unpaired) electrons. The number of rotatable bonds is 5. The van der Waals surface area contributed by atoms with Crippen molar-refractivity contribution in [2.75, 3.05) is 11.9 Å². The number of fused-ring (bicyclic) bond motifs is 1. The zero-order valence-electron chi connectivity index (χ0n) is 12.6. The number of anilines is 1. The average Bonchev–Trinajstić information content (AvgIpc) is 2.46. The van der Waals surface area contributed by atoms with Crippen molar-refractivity contribution < 1.29 is 14.5 Å². The molecule has 0 aliphatic rings. The Morgan fingerprint density at radius 3 is 2.82 bits per heavy atom. The van der Waals surface area contributed by atoms with Crippen molar-refractivity contribution in [3.8, 4) is 0 Å². The van der Waals surface area contributed by atoms with Gasteiger partial charge in [-0.1, -0.05) is 0 Å². The van der Waals surface area contributed by atoms with Gasteiger partial charge in [-0.05, 0) is 32.9 Å². The predicted octanol–water partition coefficient (Wildman–Crippen LogP) is 2.81. The summed E-state index contributed by atoms with van der Waals surface area (Å²) in [7, 11) is 0. The summed E-state index contributed by atoms with van der Waals surface area (Å²) in [6, 6.07) is 6.05. The number of nitro groups is 1. The van der Waals surface area contributed by atoms with E-state index in [2.05, 4.69) is 10.3 Å². The first-order chi connectivity index (χ1) is 10.4. The molecular formula is C15H17N3O4. The topological polar surface area (TPSA) is 94.4 Å². The molecule has 1 aromatic heterocycles. The number of aryl methyl sites for hydroxylation is 1. The number of pyridine rings is 1. The largest absolute Gasteiger partial charge is 0.369 e. The lowest BCUT2D eigenvalue weighted by Crippen LogP contribution is -2.27. The number of nitro benzene ring substituents is 1. The number of hydrogen-bond donors (Lipinski definition) is 1. The Balaban J connectivity index is 2.45. The van der Waals surface area contributed by atoms with Crippen LogP contribution >= 0.6 is 0 Å². The van der Waals surface area contributed by atoms with E-state index < -0.39 is 11.0 Å². The highest BCUT2D eigenvalue weighted by atomic mass is 16.6. The van der Waals surface area contributed by atoms with Crippen LogP contribution in [0, 0.1) is 17.0 Å². The molecule has 1 aromatic carbocycles. The van der Waals surface area contributed by atoms with Crippen LogP contribution < -0.4 is 5.32 Å². The van der Waals surface area contributed by atoms with Crippen molar-refractivity contribution in [2.45, 2.75) is 26.9 Å². The van der Waals surface area contributed by atoms with E-state index in [-0.39, 0.29) is 11.6 Å². The molecule has 0 aliphatic heterocycles. The minimum Gasteiger partial charge on any atom is -0.369 e. The quantitative estimate of drug-likeness (QED) is 0.677. The summed E-state index contributed by atoms with van der Waals surface area (Å²) >= 11 is 0. The molecule has 0 aliphatic carbocycles. The summed E-state index contributed by atoms with van der Waals surface area (Å²) in [5, 5.41) is 14.2. The van der Waals surface area contributed by atoms with Gasteiger partial charge in [-0.25, -0.2) is 0 Å². The first-order valence-electron chi connectivity index (χ1n) is 6.90. The van der Waals surface area contributed by atoms with Gasteiger partial charge >= 0.3 is 0 Å². The number of nitrogens with zero attached hydrogens (tertiary/aromatic N) is 2. The second kappa shape index (κ2) is 6.48. The SMILES string of the molecule is CCOC(C)C(=O)Nc1cc(C)nc2ccc([N+](=O)[O-])cc12. The van der Waals surface area contributed by atoms with Gasteiger partial charge in [0.15, 0.2) is 0 Å². The molecule has 7 nitrogen and oxygen atoms in total. The Morgan fingerprint density at radius 2 is 2.18 bits per heavy atom. The molecule has 1 unspecified atom stereocenters. The number of amides is 1. The van der Waals surface area contributed by atoms with Gasteiger partial charge in [0.05, 0.1) is 16.1 Å². The van der Waals surface area contributed by atoms with Crippen LogP contribution in [0.5, 0.6) is 0 Å². The Labute approximate surface area is 127 Å². The van der Waals surface area contributed by atoms with Gasteiger partial charge in [0.1, 0.15) is 6.10 Å². The Hall–Kier alpha value is -2.54. The molecule has 1 atom stereocenters. The number of benzene rings is 1. The van der Waals surface area contributed by atoms with Gasteiger partial charge in [0, 0.05) is 29.8 Å². The third-order valence-corrected chi connectivity index (χ3v) is 3.17. The maximum atomic E-state index is 12.1.